The third-order valence-corrected chi connectivity index (χ3v) is 5.48. The lowest BCUT2D eigenvalue weighted by Gasteiger charge is -2.35. The Bertz CT molecular complexity index is 492. The van der Waals surface area contributed by atoms with E-state index in [1.807, 2.05) is 6.92 Å². The normalized spacial score (nSPS) is 24.0. The van der Waals surface area contributed by atoms with Gasteiger partial charge in [-0.1, -0.05) is 6.92 Å². The monoisotopic (exact) mass is 322 g/mol. The number of aliphatic carboxylic acids is 1. The van der Waals surface area contributed by atoms with E-state index < -0.39 is 28.1 Å². The number of piperidine rings is 1. The zero-order valence-corrected chi connectivity index (χ0v) is 13.3. The summed E-state index contributed by atoms with van der Waals surface area (Å²) in [5.41, 5.74) is 0. The molecule has 2 unspecified atom stereocenters. The summed E-state index contributed by atoms with van der Waals surface area (Å²) < 4.78 is 31.5. The average Bonchev–Trinajstić information content (AvgIpc) is 2.43. The third kappa shape index (κ3) is 4.65. The van der Waals surface area contributed by atoms with Gasteiger partial charge in [0.25, 0.3) is 10.2 Å². The highest BCUT2D eigenvalue weighted by molar-refractivity contribution is 7.86. The molecule has 1 aliphatic rings. The molecule has 21 heavy (non-hydrogen) atoms. The smallest absolute Gasteiger partial charge is 0.307 e. The Morgan fingerprint density at radius 1 is 1.38 bits per heavy atom. The molecule has 0 aromatic carbocycles. The zero-order valence-electron chi connectivity index (χ0n) is 12.5. The van der Waals surface area contributed by atoms with Gasteiger partial charge in [-0.15, -0.1) is 0 Å². The van der Waals surface area contributed by atoms with E-state index in [0.29, 0.717) is 6.42 Å². The van der Waals surface area contributed by atoms with Gasteiger partial charge in [-0.3, -0.25) is 9.59 Å². The van der Waals surface area contributed by atoms with Gasteiger partial charge >= 0.3 is 11.9 Å². The van der Waals surface area contributed by atoms with E-state index in [9.17, 15) is 18.0 Å². The molecule has 1 fully saturated rings. The van der Waals surface area contributed by atoms with Gasteiger partial charge in [-0.25, -0.2) is 0 Å². The number of carboxylic acid groups (broad SMARTS) is 1. The molecule has 0 aromatic heterocycles. The summed E-state index contributed by atoms with van der Waals surface area (Å²) in [5, 5.41) is 9.09. The number of carbonyl (C=O) groups is 2. The molecule has 1 saturated heterocycles. The van der Waals surface area contributed by atoms with Crippen molar-refractivity contribution in [3.8, 4) is 0 Å². The van der Waals surface area contributed by atoms with Crippen LogP contribution in [0.3, 0.4) is 0 Å². The predicted molar refractivity (Wildman–Crippen MR) is 74.7 cm³/mol. The molecule has 0 bridgehead atoms. The van der Waals surface area contributed by atoms with E-state index in [4.69, 9.17) is 5.11 Å². The van der Waals surface area contributed by atoms with Gasteiger partial charge < -0.3 is 9.84 Å². The van der Waals surface area contributed by atoms with Crippen LogP contribution in [0.4, 0.5) is 0 Å². The first kappa shape index (κ1) is 17.9. The Kier molecular flexibility index (Phi) is 6.11. The number of methoxy groups -OCH3 is 1. The summed E-state index contributed by atoms with van der Waals surface area (Å²) in [7, 11) is -1.16. The van der Waals surface area contributed by atoms with Crippen LogP contribution >= 0.6 is 0 Å². The predicted octanol–water partition coefficient (Wildman–Crippen LogP) is -0.231. The maximum absolute atomic E-state index is 12.4. The minimum absolute atomic E-state index is 0.00236. The van der Waals surface area contributed by atoms with E-state index in [1.54, 1.807) is 0 Å². The van der Waals surface area contributed by atoms with Crippen LogP contribution in [0.25, 0.3) is 0 Å². The second kappa shape index (κ2) is 7.19. The van der Waals surface area contributed by atoms with Gasteiger partial charge in [0.05, 0.1) is 19.4 Å². The number of rotatable bonds is 6. The summed E-state index contributed by atoms with van der Waals surface area (Å²) in [5.74, 6) is -2.20. The number of hydrogen-bond acceptors (Lipinski definition) is 5. The Labute approximate surface area is 124 Å². The first-order chi connectivity index (χ1) is 9.68. The molecule has 1 rings (SSSR count). The number of carbonyl (C=O) groups excluding carboxylic acids is 1. The highest BCUT2D eigenvalue weighted by Gasteiger charge is 2.37. The summed E-state index contributed by atoms with van der Waals surface area (Å²) >= 11 is 0. The standard InChI is InChI=1S/C12H22N2O6S/c1-9-6-10(12(16)17)8-14(7-9)21(18,19)13(2)5-4-11(15)20-3/h9-10H,4-8H2,1-3H3,(H,16,17). The third-order valence-electron chi connectivity index (χ3n) is 3.55. The summed E-state index contributed by atoms with van der Waals surface area (Å²) in [6.45, 7) is 2.07. The fourth-order valence-electron chi connectivity index (χ4n) is 2.33. The first-order valence-corrected chi connectivity index (χ1v) is 8.09. The lowest BCUT2D eigenvalue weighted by molar-refractivity contribution is -0.143. The van der Waals surface area contributed by atoms with Crippen molar-refractivity contribution < 1.29 is 27.9 Å². The van der Waals surface area contributed by atoms with Gasteiger partial charge in [-0.2, -0.15) is 17.0 Å². The maximum atomic E-state index is 12.4. The van der Waals surface area contributed by atoms with Gasteiger partial charge in [0.15, 0.2) is 0 Å². The van der Waals surface area contributed by atoms with Crippen molar-refractivity contribution >= 4 is 22.1 Å². The molecular formula is C12H22N2O6S. The van der Waals surface area contributed by atoms with Crippen molar-refractivity contribution in [1.29, 1.82) is 0 Å². The minimum atomic E-state index is -3.77. The molecule has 0 spiro atoms. The Balaban J connectivity index is 2.76. The molecule has 1 N–H and O–H groups in total. The van der Waals surface area contributed by atoms with Crippen molar-refractivity contribution in [2.45, 2.75) is 19.8 Å². The van der Waals surface area contributed by atoms with Crippen molar-refractivity contribution in [3.63, 3.8) is 0 Å². The SMILES string of the molecule is COC(=O)CCN(C)S(=O)(=O)N1CC(C)CC(C(=O)O)C1. The number of esters is 1. The maximum Gasteiger partial charge on any atom is 0.307 e. The summed E-state index contributed by atoms with van der Waals surface area (Å²) in [6, 6.07) is 0. The topological polar surface area (TPSA) is 104 Å². The molecule has 0 amide bonds. The highest BCUT2D eigenvalue weighted by atomic mass is 32.2. The molecular weight excluding hydrogens is 300 g/mol. The van der Waals surface area contributed by atoms with Gasteiger partial charge in [0, 0.05) is 26.7 Å². The van der Waals surface area contributed by atoms with E-state index in [1.165, 1.54) is 18.5 Å². The molecule has 0 saturated carbocycles. The number of hydrogen-bond donors (Lipinski definition) is 1. The van der Waals surface area contributed by atoms with Gasteiger partial charge in [0.1, 0.15) is 0 Å². The molecule has 122 valence electrons. The Morgan fingerprint density at radius 2 is 2.00 bits per heavy atom. The van der Waals surface area contributed by atoms with E-state index in [0.717, 1.165) is 4.31 Å². The molecule has 9 heteroatoms. The minimum Gasteiger partial charge on any atom is -0.481 e. The van der Waals surface area contributed by atoms with Crippen LogP contribution in [-0.4, -0.2) is 67.9 Å². The largest absolute Gasteiger partial charge is 0.481 e. The van der Waals surface area contributed by atoms with Crippen LogP contribution in [-0.2, 0) is 24.5 Å². The van der Waals surface area contributed by atoms with Crippen molar-refractivity contribution in [3.05, 3.63) is 0 Å². The lowest BCUT2D eigenvalue weighted by atomic mass is 9.92. The van der Waals surface area contributed by atoms with E-state index >= 15 is 0 Å². The quantitative estimate of drug-likeness (QED) is 0.677. The van der Waals surface area contributed by atoms with Gasteiger partial charge in [0.2, 0.25) is 0 Å². The fraction of sp³-hybridized carbons (Fsp3) is 0.833. The van der Waals surface area contributed by atoms with E-state index in [-0.39, 0.29) is 32.0 Å². The number of ether oxygens (including phenoxy) is 1. The summed E-state index contributed by atoms with van der Waals surface area (Å²) in [4.78, 5) is 22.2. The molecule has 8 nitrogen and oxygen atoms in total. The van der Waals surface area contributed by atoms with Crippen molar-refractivity contribution in [2.75, 3.05) is 33.8 Å². The molecule has 0 radical (unpaired) electrons. The number of nitrogens with zero attached hydrogens (tertiary/aromatic N) is 2. The van der Waals surface area contributed by atoms with Crippen molar-refractivity contribution in [2.24, 2.45) is 11.8 Å². The second-order valence-electron chi connectivity index (χ2n) is 5.35. The lowest BCUT2D eigenvalue weighted by Crippen LogP contribution is -2.50. The fourth-order valence-corrected chi connectivity index (χ4v) is 3.86. The van der Waals surface area contributed by atoms with Crippen molar-refractivity contribution in [1.82, 2.24) is 8.61 Å². The zero-order chi connectivity index (χ0) is 16.2. The van der Waals surface area contributed by atoms with Gasteiger partial charge in [-0.05, 0) is 12.3 Å². The average molecular weight is 322 g/mol. The van der Waals surface area contributed by atoms with Crippen LogP contribution in [0.5, 0.6) is 0 Å². The van der Waals surface area contributed by atoms with Crippen LogP contribution in [0.15, 0.2) is 0 Å². The highest BCUT2D eigenvalue weighted by Crippen LogP contribution is 2.25. The molecule has 1 heterocycles. The first-order valence-electron chi connectivity index (χ1n) is 6.69. The second-order valence-corrected chi connectivity index (χ2v) is 7.38. The van der Waals surface area contributed by atoms with E-state index in [2.05, 4.69) is 4.74 Å². The molecule has 1 aliphatic heterocycles. The number of carboxylic acids is 1. The molecule has 2 atom stereocenters. The van der Waals surface area contributed by atoms with Crippen LogP contribution in [0, 0.1) is 11.8 Å². The molecule has 0 aromatic rings. The van der Waals surface area contributed by atoms with Crippen LogP contribution < -0.4 is 0 Å². The molecule has 0 aliphatic carbocycles. The van der Waals surface area contributed by atoms with Crippen LogP contribution in [0.2, 0.25) is 0 Å². The summed E-state index contributed by atoms with van der Waals surface area (Å²) in [6.07, 6.45) is 0.422. The van der Waals surface area contributed by atoms with Crippen LogP contribution in [0.1, 0.15) is 19.8 Å². The Morgan fingerprint density at radius 3 is 2.52 bits per heavy atom. The Hall–Kier alpha value is -1.19.